The molecule has 0 radical (unpaired) electrons. The molecule has 7 heteroatoms. The Balaban J connectivity index is 0.000000567. The Morgan fingerprint density at radius 1 is 0.857 bits per heavy atom. The maximum absolute atomic E-state index is 11.6. The van der Waals surface area contributed by atoms with Crippen LogP contribution in [0.25, 0.3) is 0 Å². The SMILES string of the molecule is CC(C)(C#N)C(=O)CCOCc1ccccc1.CC(C)C#N.O=C(Cl)CCOCc1ccccc1. The first-order valence-corrected chi connectivity index (χ1v) is 11.8. The number of ketones is 1. The molecule has 0 N–H and O–H groups in total. The maximum Gasteiger partial charge on any atom is 0.223 e. The zero-order valence-corrected chi connectivity index (χ0v) is 21.8. The van der Waals surface area contributed by atoms with Crippen molar-refractivity contribution in [2.75, 3.05) is 13.2 Å². The highest BCUT2D eigenvalue weighted by molar-refractivity contribution is 6.63. The zero-order chi connectivity index (χ0) is 26.5. The summed E-state index contributed by atoms with van der Waals surface area (Å²) in [6.07, 6.45) is 0.557. The van der Waals surface area contributed by atoms with Gasteiger partial charge in [-0.2, -0.15) is 10.5 Å². The van der Waals surface area contributed by atoms with Crippen molar-refractivity contribution in [1.29, 1.82) is 10.5 Å². The number of halogens is 1. The molecule has 2 aromatic carbocycles. The Morgan fingerprint density at radius 2 is 1.26 bits per heavy atom. The summed E-state index contributed by atoms with van der Waals surface area (Å²) in [5.41, 5.74) is 1.28. The molecule has 2 rings (SSSR count). The maximum atomic E-state index is 11.6. The van der Waals surface area contributed by atoms with Gasteiger partial charge < -0.3 is 9.47 Å². The molecule has 0 spiro atoms. The largest absolute Gasteiger partial charge is 0.376 e. The van der Waals surface area contributed by atoms with Gasteiger partial charge in [0.1, 0.15) is 5.41 Å². The van der Waals surface area contributed by atoms with Crippen LogP contribution in [0.1, 0.15) is 51.7 Å². The van der Waals surface area contributed by atoms with Crippen molar-refractivity contribution in [2.24, 2.45) is 11.3 Å². The molecule has 2 aromatic rings. The highest BCUT2D eigenvalue weighted by Gasteiger charge is 2.26. The highest BCUT2D eigenvalue weighted by atomic mass is 35.5. The summed E-state index contributed by atoms with van der Waals surface area (Å²) >= 11 is 5.14. The number of benzene rings is 2. The fraction of sp³-hybridized carbons (Fsp3) is 0.429. The minimum absolute atomic E-state index is 0.0759. The minimum atomic E-state index is -0.907. The second kappa shape index (κ2) is 19.3. The van der Waals surface area contributed by atoms with Crippen LogP contribution in [0.2, 0.25) is 0 Å². The van der Waals surface area contributed by atoms with Gasteiger partial charge in [0.25, 0.3) is 0 Å². The summed E-state index contributed by atoms with van der Waals surface area (Å²) in [4.78, 5) is 21.9. The molecule has 0 heterocycles. The molecule has 0 aliphatic heterocycles. The van der Waals surface area contributed by atoms with Crippen LogP contribution in [0.15, 0.2) is 60.7 Å². The second-order valence-corrected chi connectivity index (χ2v) is 8.80. The Hall–Kier alpha value is -3.03. The lowest BCUT2D eigenvalue weighted by atomic mass is 9.88. The number of nitrogens with zero attached hydrogens (tertiary/aromatic N) is 2. The van der Waals surface area contributed by atoms with Gasteiger partial charge >= 0.3 is 0 Å². The Kier molecular flexibility index (Phi) is 17.6. The summed E-state index contributed by atoms with van der Waals surface area (Å²) in [5, 5.41) is 16.3. The molecular weight excluding hydrogens is 464 g/mol. The van der Waals surface area contributed by atoms with Crippen LogP contribution in [0.5, 0.6) is 0 Å². The molecule has 0 aliphatic carbocycles. The van der Waals surface area contributed by atoms with E-state index in [1.807, 2.05) is 86.6 Å². The minimum Gasteiger partial charge on any atom is -0.376 e. The van der Waals surface area contributed by atoms with Crippen LogP contribution >= 0.6 is 11.6 Å². The van der Waals surface area contributed by atoms with Crippen LogP contribution < -0.4 is 0 Å². The Morgan fingerprint density at radius 3 is 1.60 bits per heavy atom. The van der Waals surface area contributed by atoms with E-state index in [4.69, 9.17) is 31.6 Å². The summed E-state index contributed by atoms with van der Waals surface area (Å²) in [6.45, 7) is 8.77. The van der Waals surface area contributed by atoms with E-state index in [-0.39, 0.29) is 29.8 Å². The molecule has 0 aromatic heterocycles. The standard InChI is InChI=1S/C14H17NO2.C10H11ClO2.C4H7N/c1-14(2,11-15)13(16)8-9-17-10-12-6-4-3-5-7-12;11-10(12)6-7-13-8-9-4-2-1-3-5-9;1-4(2)3-5/h3-7H,8-10H2,1-2H3;1-5H,6-8H2;4H,1-2H3. The first kappa shape index (κ1) is 32.0. The number of carbonyl (C=O) groups is 2. The number of hydrogen-bond acceptors (Lipinski definition) is 6. The van der Waals surface area contributed by atoms with Gasteiger partial charge in [0.05, 0.1) is 38.6 Å². The number of rotatable bonds is 11. The van der Waals surface area contributed by atoms with Gasteiger partial charge in [-0.15, -0.1) is 0 Å². The quantitative estimate of drug-likeness (QED) is 0.268. The van der Waals surface area contributed by atoms with E-state index in [2.05, 4.69) is 0 Å². The number of carbonyl (C=O) groups excluding carboxylic acids is 2. The number of ether oxygens (including phenoxy) is 2. The normalized spacial score (nSPS) is 10.1. The third-order valence-electron chi connectivity index (χ3n) is 4.37. The highest BCUT2D eigenvalue weighted by Crippen LogP contribution is 2.16. The molecular formula is C28H35ClN2O4. The topological polar surface area (TPSA) is 100 Å². The van der Waals surface area contributed by atoms with Crippen LogP contribution in [0.3, 0.4) is 0 Å². The van der Waals surface area contributed by atoms with E-state index in [1.165, 1.54) is 0 Å². The Bertz CT molecular complexity index is 933. The van der Waals surface area contributed by atoms with E-state index < -0.39 is 5.41 Å². The molecule has 0 aliphatic rings. The van der Waals surface area contributed by atoms with Crippen LogP contribution in [0.4, 0.5) is 0 Å². The molecule has 35 heavy (non-hydrogen) atoms. The molecule has 0 saturated carbocycles. The van der Waals surface area contributed by atoms with Gasteiger partial charge in [-0.3, -0.25) is 9.59 Å². The first-order chi connectivity index (χ1) is 16.6. The first-order valence-electron chi connectivity index (χ1n) is 11.4. The number of hydrogen-bond donors (Lipinski definition) is 0. The summed E-state index contributed by atoms with van der Waals surface area (Å²) in [6, 6.07) is 23.6. The van der Waals surface area contributed by atoms with Crippen LogP contribution in [-0.4, -0.2) is 24.2 Å². The predicted octanol–water partition coefficient (Wildman–Crippen LogP) is 6.24. The molecule has 6 nitrogen and oxygen atoms in total. The average molecular weight is 499 g/mol. The van der Waals surface area contributed by atoms with Gasteiger partial charge in [0, 0.05) is 18.8 Å². The lowest BCUT2D eigenvalue weighted by molar-refractivity contribution is -0.125. The lowest BCUT2D eigenvalue weighted by Crippen LogP contribution is -2.23. The third kappa shape index (κ3) is 18.0. The van der Waals surface area contributed by atoms with Crippen molar-refractivity contribution in [3.63, 3.8) is 0 Å². The summed E-state index contributed by atoms with van der Waals surface area (Å²) < 4.78 is 10.6. The zero-order valence-electron chi connectivity index (χ0n) is 21.0. The van der Waals surface area contributed by atoms with Gasteiger partial charge in [0.15, 0.2) is 5.78 Å². The molecule has 0 bridgehead atoms. The smallest absolute Gasteiger partial charge is 0.223 e. The fourth-order valence-corrected chi connectivity index (χ4v) is 2.30. The molecule has 0 atom stereocenters. The lowest BCUT2D eigenvalue weighted by Gasteiger charge is -2.13. The van der Waals surface area contributed by atoms with E-state index >= 15 is 0 Å². The van der Waals surface area contributed by atoms with Crippen molar-refractivity contribution in [2.45, 2.75) is 53.8 Å². The average Bonchev–Trinajstić information content (AvgIpc) is 2.86. The van der Waals surface area contributed by atoms with Crippen molar-refractivity contribution < 1.29 is 19.1 Å². The van der Waals surface area contributed by atoms with Gasteiger partial charge in [-0.05, 0) is 50.4 Å². The van der Waals surface area contributed by atoms with Gasteiger partial charge in [0.2, 0.25) is 5.24 Å². The van der Waals surface area contributed by atoms with Crippen molar-refractivity contribution in [1.82, 2.24) is 0 Å². The summed E-state index contributed by atoms with van der Waals surface area (Å²) in [5.74, 6) is 0.114. The van der Waals surface area contributed by atoms with E-state index in [0.717, 1.165) is 11.1 Å². The van der Waals surface area contributed by atoms with E-state index in [0.29, 0.717) is 26.4 Å². The van der Waals surface area contributed by atoms with E-state index in [1.54, 1.807) is 13.8 Å². The predicted molar refractivity (Wildman–Crippen MR) is 137 cm³/mol. The fourth-order valence-electron chi connectivity index (χ4n) is 2.22. The third-order valence-corrected chi connectivity index (χ3v) is 4.56. The molecule has 188 valence electrons. The van der Waals surface area contributed by atoms with Gasteiger partial charge in [-0.1, -0.05) is 60.7 Å². The monoisotopic (exact) mass is 498 g/mol. The second-order valence-electron chi connectivity index (χ2n) is 8.38. The van der Waals surface area contributed by atoms with Crippen molar-refractivity contribution >= 4 is 22.6 Å². The molecule has 0 amide bonds. The number of nitriles is 2. The summed E-state index contributed by atoms with van der Waals surface area (Å²) in [7, 11) is 0. The van der Waals surface area contributed by atoms with Crippen LogP contribution in [-0.2, 0) is 32.3 Å². The van der Waals surface area contributed by atoms with E-state index in [9.17, 15) is 9.59 Å². The van der Waals surface area contributed by atoms with Gasteiger partial charge in [-0.25, -0.2) is 0 Å². The molecule has 0 fully saturated rings. The van der Waals surface area contributed by atoms with Crippen molar-refractivity contribution in [3.8, 4) is 12.1 Å². The molecule has 0 unspecified atom stereocenters. The van der Waals surface area contributed by atoms with Crippen molar-refractivity contribution in [3.05, 3.63) is 71.8 Å². The molecule has 0 saturated heterocycles. The number of Topliss-reactive ketones (excluding diaryl/α,β-unsaturated/α-hetero) is 1. The Labute approximate surface area is 214 Å². The van der Waals surface area contributed by atoms with Crippen LogP contribution in [0, 0.1) is 34.0 Å².